The van der Waals surface area contributed by atoms with Crippen molar-refractivity contribution in [2.75, 3.05) is 33.3 Å². The molecular weight excluding hydrogens is 380 g/mol. The summed E-state index contributed by atoms with van der Waals surface area (Å²) in [5.74, 6) is 1.03. The fraction of sp³-hybridized carbons (Fsp3) is 0.478. The van der Waals surface area contributed by atoms with Gasteiger partial charge >= 0.3 is 0 Å². The fourth-order valence-electron chi connectivity index (χ4n) is 3.82. The van der Waals surface area contributed by atoms with Gasteiger partial charge in [0.15, 0.2) is 11.5 Å². The third-order valence-corrected chi connectivity index (χ3v) is 5.62. The number of piperidine rings is 1. The third kappa shape index (κ3) is 6.43. The van der Waals surface area contributed by atoms with E-state index in [9.17, 15) is 9.90 Å². The molecule has 0 aliphatic carbocycles. The summed E-state index contributed by atoms with van der Waals surface area (Å²) < 4.78 is 5.23. The number of carbonyl (C=O) groups excluding carboxylic acids is 1. The van der Waals surface area contributed by atoms with Crippen molar-refractivity contribution < 1.29 is 14.6 Å². The van der Waals surface area contributed by atoms with Crippen LogP contribution in [0.4, 0.5) is 0 Å². The molecule has 7 heteroatoms. The number of phenols is 1. The van der Waals surface area contributed by atoms with E-state index in [0.717, 1.165) is 43.6 Å². The van der Waals surface area contributed by atoms with Gasteiger partial charge in [0.05, 0.1) is 7.11 Å². The van der Waals surface area contributed by atoms with Crippen molar-refractivity contribution >= 4 is 5.91 Å². The number of rotatable bonds is 10. The summed E-state index contributed by atoms with van der Waals surface area (Å²) in [4.78, 5) is 17.0. The smallest absolute Gasteiger partial charge is 0.241 e. The summed E-state index contributed by atoms with van der Waals surface area (Å²) in [6.07, 6.45) is 7.65. The van der Waals surface area contributed by atoms with E-state index < -0.39 is 6.04 Å². The topological polar surface area (TPSA) is 95.5 Å². The van der Waals surface area contributed by atoms with Crippen molar-refractivity contribution in [3.05, 3.63) is 53.9 Å². The minimum atomic E-state index is -0.501. The number of phenolic OH excluding ortho intramolecular Hbond substituents is 1. The van der Waals surface area contributed by atoms with Gasteiger partial charge in [0.25, 0.3) is 0 Å². The Morgan fingerprint density at radius 2 is 2.00 bits per heavy atom. The van der Waals surface area contributed by atoms with E-state index in [1.54, 1.807) is 30.6 Å². The first-order valence-electron chi connectivity index (χ1n) is 10.6. The first-order valence-corrected chi connectivity index (χ1v) is 10.6. The van der Waals surface area contributed by atoms with Gasteiger partial charge in [-0.05, 0) is 86.6 Å². The van der Waals surface area contributed by atoms with Gasteiger partial charge in [-0.25, -0.2) is 0 Å². The zero-order valence-electron chi connectivity index (χ0n) is 17.6. The predicted molar refractivity (Wildman–Crippen MR) is 117 cm³/mol. The Hall–Kier alpha value is -2.64. The third-order valence-electron chi connectivity index (χ3n) is 5.62. The minimum absolute atomic E-state index is 0.0628. The van der Waals surface area contributed by atoms with Crippen LogP contribution in [0.25, 0.3) is 0 Å². The number of pyridine rings is 1. The van der Waals surface area contributed by atoms with Gasteiger partial charge in [-0.2, -0.15) is 0 Å². The minimum Gasteiger partial charge on any atom is -0.504 e. The number of hydrogen-bond acceptors (Lipinski definition) is 6. The number of nitrogens with one attached hydrogen (secondary N) is 3. The van der Waals surface area contributed by atoms with Crippen molar-refractivity contribution in [1.82, 2.24) is 20.9 Å². The molecule has 162 valence electrons. The highest BCUT2D eigenvalue weighted by molar-refractivity contribution is 5.83. The number of benzene rings is 1. The molecule has 1 fully saturated rings. The lowest BCUT2D eigenvalue weighted by Gasteiger charge is -2.24. The first kappa shape index (κ1) is 22.1. The monoisotopic (exact) mass is 412 g/mol. The van der Waals surface area contributed by atoms with Crippen molar-refractivity contribution in [1.29, 1.82) is 0 Å². The van der Waals surface area contributed by atoms with Crippen LogP contribution >= 0.6 is 0 Å². The molecule has 1 aliphatic rings. The highest BCUT2D eigenvalue weighted by Gasteiger charge is 2.22. The average Bonchev–Trinajstić information content (AvgIpc) is 2.78. The Bertz CT molecular complexity index is 794. The zero-order valence-corrected chi connectivity index (χ0v) is 17.6. The predicted octanol–water partition coefficient (Wildman–Crippen LogP) is 2.18. The van der Waals surface area contributed by atoms with Crippen LogP contribution in [0.5, 0.6) is 11.5 Å². The van der Waals surface area contributed by atoms with Crippen LogP contribution in [-0.4, -0.2) is 49.3 Å². The normalized spacial score (nSPS) is 15.5. The maximum absolute atomic E-state index is 13.0. The number of aromatic hydroxyl groups is 1. The Kier molecular flexibility index (Phi) is 8.47. The molecule has 1 unspecified atom stereocenters. The summed E-state index contributed by atoms with van der Waals surface area (Å²) in [6, 6.07) is 8.46. The molecule has 1 aromatic carbocycles. The number of nitrogens with zero attached hydrogens (tertiary/aromatic N) is 1. The number of ether oxygens (including phenoxy) is 1. The molecule has 0 saturated carbocycles. The summed E-state index contributed by atoms with van der Waals surface area (Å²) in [5, 5.41) is 19.8. The molecule has 1 aliphatic heterocycles. The Labute approximate surface area is 178 Å². The summed E-state index contributed by atoms with van der Waals surface area (Å²) in [6.45, 7) is 3.44. The molecule has 4 N–H and O–H groups in total. The zero-order chi connectivity index (χ0) is 21.2. The fourth-order valence-corrected chi connectivity index (χ4v) is 3.82. The number of amides is 1. The van der Waals surface area contributed by atoms with Crippen molar-refractivity contribution in [2.24, 2.45) is 5.92 Å². The molecule has 1 atom stereocenters. The molecule has 3 rings (SSSR count). The lowest BCUT2D eigenvalue weighted by Crippen LogP contribution is -2.39. The number of hydrogen-bond donors (Lipinski definition) is 4. The largest absolute Gasteiger partial charge is 0.504 e. The van der Waals surface area contributed by atoms with Crippen LogP contribution in [0.3, 0.4) is 0 Å². The van der Waals surface area contributed by atoms with Crippen LogP contribution in [0.15, 0.2) is 42.7 Å². The Morgan fingerprint density at radius 1 is 1.23 bits per heavy atom. The second-order valence-corrected chi connectivity index (χ2v) is 7.70. The van der Waals surface area contributed by atoms with E-state index in [4.69, 9.17) is 4.74 Å². The van der Waals surface area contributed by atoms with E-state index in [0.29, 0.717) is 18.2 Å². The van der Waals surface area contributed by atoms with Gasteiger partial charge in [-0.3, -0.25) is 9.78 Å². The Balaban J connectivity index is 1.62. The van der Waals surface area contributed by atoms with E-state index >= 15 is 0 Å². The maximum Gasteiger partial charge on any atom is 0.241 e. The number of aromatic nitrogens is 1. The summed E-state index contributed by atoms with van der Waals surface area (Å²) >= 11 is 0. The average molecular weight is 413 g/mol. The standard InChI is InChI=1S/C23H32N4O3/c1-30-21-16-19(2-3-20(21)28)22(26-14-8-17-4-10-24-11-5-17)23(29)27-15-9-18-6-12-25-13-7-18/h2-3,6-7,12-13,16-17,22,24,26,28H,4-5,8-11,14-15H2,1H3,(H,27,29). The van der Waals surface area contributed by atoms with Gasteiger partial charge in [0.1, 0.15) is 6.04 Å². The van der Waals surface area contributed by atoms with Crippen molar-refractivity contribution in [2.45, 2.75) is 31.7 Å². The quantitative estimate of drug-likeness (QED) is 0.478. The molecule has 7 nitrogen and oxygen atoms in total. The van der Waals surface area contributed by atoms with Gasteiger partial charge in [0, 0.05) is 18.9 Å². The van der Waals surface area contributed by atoms with Crippen LogP contribution in [0.1, 0.15) is 36.4 Å². The van der Waals surface area contributed by atoms with E-state index in [-0.39, 0.29) is 11.7 Å². The maximum atomic E-state index is 13.0. The van der Waals surface area contributed by atoms with Crippen LogP contribution in [-0.2, 0) is 11.2 Å². The van der Waals surface area contributed by atoms with Gasteiger partial charge in [0.2, 0.25) is 5.91 Å². The molecule has 2 aromatic rings. The summed E-state index contributed by atoms with van der Waals surface area (Å²) in [5.41, 5.74) is 1.91. The molecule has 0 spiro atoms. The molecule has 0 bridgehead atoms. The van der Waals surface area contributed by atoms with Gasteiger partial charge in [-0.15, -0.1) is 0 Å². The second-order valence-electron chi connectivity index (χ2n) is 7.70. The highest BCUT2D eigenvalue weighted by Crippen LogP contribution is 2.29. The molecule has 2 heterocycles. The second kappa shape index (κ2) is 11.5. The molecule has 30 heavy (non-hydrogen) atoms. The van der Waals surface area contributed by atoms with Crippen molar-refractivity contribution in [3.63, 3.8) is 0 Å². The SMILES string of the molecule is COc1cc(C(NCCC2CCNCC2)C(=O)NCCc2ccncc2)ccc1O. The highest BCUT2D eigenvalue weighted by atomic mass is 16.5. The molecule has 1 saturated heterocycles. The van der Waals surface area contributed by atoms with Crippen LogP contribution < -0.4 is 20.7 Å². The number of carbonyl (C=O) groups is 1. The molecule has 0 radical (unpaired) electrons. The lowest BCUT2D eigenvalue weighted by molar-refractivity contribution is -0.123. The lowest BCUT2D eigenvalue weighted by atomic mass is 9.94. The summed E-state index contributed by atoms with van der Waals surface area (Å²) in [7, 11) is 1.51. The van der Waals surface area contributed by atoms with Crippen LogP contribution in [0, 0.1) is 5.92 Å². The first-order chi connectivity index (χ1) is 14.7. The molecular formula is C23H32N4O3. The van der Waals surface area contributed by atoms with Gasteiger partial charge in [-0.1, -0.05) is 6.07 Å². The Morgan fingerprint density at radius 3 is 2.73 bits per heavy atom. The van der Waals surface area contributed by atoms with E-state index in [1.165, 1.54) is 20.0 Å². The molecule has 1 aromatic heterocycles. The number of methoxy groups -OCH3 is 1. The van der Waals surface area contributed by atoms with Crippen molar-refractivity contribution in [3.8, 4) is 11.5 Å². The van der Waals surface area contributed by atoms with Crippen LogP contribution in [0.2, 0.25) is 0 Å². The van der Waals surface area contributed by atoms with E-state index in [2.05, 4.69) is 20.9 Å². The van der Waals surface area contributed by atoms with Gasteiger partial charge < -0.3 is 25.8 Å². The molecule has 1 amide bonds. The van der Waals surface area contributed by atoms with E-state index in [1.807, 2.05) is 12.1 Å².